The van der Waals surface area contributed by atoms with E-state index in [4.69, 9.17) is 9.88 Å². The smallest absolute Gasteiger partial charge is 0.0917 e. The van der Waals surface area contributed by atoms with Gasteiger partial charge < -0.3 is 4.74 Å². The van der Waals surface area contributed by atoms with Gasteiger partial charge in [-0.25, -0.2) is 4.21 Å². The van der Waals surface area contributed by atoms with E-state index in [9.17, 15) is 4.21 Å². The van der Waals surface area contributed by atoms with Gasteiger partial charge in [-0.3, -0.25) is 5.14 Å². The highest BCUT2D eigenvalue weighted by atomic mass is 32.2. The van der Waals surface area contributed by atoms with Crippen LogP contribution >= 0.6 is 0 Å². The Hall–Kier alpha value is 0.0700. The van der Waals surface area contributed by atoms with Crippen LogP contribution in [0.25, 0.3) is 0 Å². The lowest BCUT2D eigenvalue weighted by Crippen LogP contribution is -2.34. The fourth-order valence-electron chi connectivity index (χ4n) is 2.14. The fourth-order valence-corrected chi connectivity index (χ4v) is 3.02. The molecule has 11 heavy (non-hydrogen) atoms. The first-order valence-electron chi connectivity index (χ1n) is 4.01. The van der Waals surface area contributed by atoms with Crippen molar-refractivity contribution in [3.05, 3.63) is 0 Å². The molecule has 64 valence electrons. The maximum atomic E-state index is 10.8. The van der Waals surface area contributed by atoms with Gasteiger partial charge in [-0.1, -0.05) is 0 Å². The number of fused-ring (bicyclic) bond motifs is 2. The zero-order valence-electron chi connectivity index (χ0n) is 6.41. The molecule has 0 aliphatic carbocycles. The Morgan fingerprint density at radius 3 is 2.55 bits per heavy atom. The van der Waals surface area contributed by atoms with Crippen molar-refractivity contribution in [1.82, 2.24) is 0 Å². The Bertz CT molecular complexity index is 187. The minimum Gasteiger partial charge on any atom is -0.371 e. The minimum atomic E-state index is -1.19. The molecule has 2 aliphatic heterocycles. The molecule has 4 heteroatoms. The zero-order valence-corrected chi connectivity index (χ0v) is 7.23. The van der Waals surface area contributed by atoms with Gasteiger partial charge in [-0.05, 0) is 25.7 Å². The third-order valence-electron chi connectivity index (χ3n) is 2.67. The van der Waals surface area contributed by atoms with Gasteiger partial charge in [0.2, 0.25) is 0 Å². The van der Waals surface area contributed by atoms with Crippen molar-refractivity contribution in [2.75, 3.05) is 5.75 Å². The van der Waals surface area contributed by atoms with Crippen LogP contribution in [0.1, 0.15) is 25.7 Å². The lowest BCUT2D eigenvalue weighted by Gasteiger charge is -2.22. The summed E-state index contributed by atoms with van der Waals surface area (Å²) >= 11 is 0. The monoisotopic (exact) mass is 175 g/mol. The van der Waals surface area contributed by atoms with Gasteiger partial charge in [0.1, 0.15) is 0 Å². The largest absolute Gasteiger partial charge is 0.371 e. The molecule has 2 aliphatic rings. The summed E-state index contributed by atoms with van der Waals surface area (Å²) in [4.78, 5) is 0. The average molecular weight is 175 g/mol. The first kappa shape index (κ1) is 7.71. The third kappa shape index (κ3) is 1.35. The van der Waals surface area contributed by atoms with Crippen molar-refractivity contribution in [3.63, 3.8) is 0 Å². The fraction of sp³-hybridized carbons (Fsp3) is 1.00. The number of hydrogen-bond acceptors (Lipinski definition) is 2. The quantitative estimate of drug-likeness (QED) is 0.657. The highest BCUT2D eigenvalue weighted by Gasteiger charge is 2.46. The summed E-state index contributed by atoms with van der Waals surface area (Å²) in [5.74, 6) is 0.531. The van der Waals surface area contributed by atoms with Gasteiger partial charge in [0.25, 0.3) is 0 Å². The summed E-state index contributed by atoms with van der Waals surface area (Å²) in [5, 5.41) is 5.24. The first-order chi connectivity index (χ1) is 5.20. The van der Waals surface area contributed by atoms with Gasteiger partial charge in [0.15, 0.2) is 0 Å². The molecule has 0 aromatic rings. The van der Waals surface area contributed by atoms with E-state index in [2.05, 4.69) is 0 Å². The average Bonchev–Trinajstić information content (AvgIpc) is 2.43. The molecule has 3 nitrogen and oxygen atoms in total. The molecule has 0 saturated carbocycles. The van der Waals surface area contributed by atoms with E-state index in [0.717, 1.165) is 25.7 Å². The second kappa shape index (κ2) is 2.54. The van der Waals surface area contributed by atoms with E-state index in [1.807, 2.05) is 0 Å². The SMILES string of the molecule is NS(=O)CC12CCC(CC1)O2. The molecule has 2 saturated heterocycles. The van der Waals surface area contributed by atoms with Gasteiger partial charge in [-0.15, -0.1) is 0 Å². The molecular formula is C7H13NO2S. The molecule has 2 heterocycles. The number of rotatable bonds is 2. The molecule has 0 radical (unpaired) electrons. The normalized spacial score (nSPS) is 44.6. The van der Waals surface area contributed by atoms with Gasteiger partial charge in [0, 0.05) is 0 Å². The molecule has 0 aromatic carbocycles. The number of ether oxygens (including phenoxy) is 1. The van der Waals surface area contributed by atoms with Crippen LogP contribution < -0.4 is 5.14 Å². The zero-order chi connectivity index (χ0) is 7.90. The Morgan fingerprint density at radius 1 is 1.55 bits per heavy atom. The molecular weight excluding hydrogens is 162 g/mol. The summed E-state index contributed by atoms with van der Waals surface area (Å²) in [6, 6.07) is 0. The molecule has 0 amide bonds. The van der Waals surface area contributed by atoms with Crippen LogP contribution in [-0.2, 0) is 15.7 Å². The lowest BCUT2D eigenvalue weighted by atomic mass is 9.90. The van der Waals surface area contributed by atoms with E-state index < -0.39 is 11.0 Å². The van der Waals surface area contributed by atoms with Crippen LogP contribution in [0.3, 0.4) is 0 Å². The predicted octanol–water partition coefficient (Wildman–Crippen LogP) is 0.320. The Morgan fingerprint density at radius 2 is 2.18 bits per heavy atom. The van der Waals surface area contributed by atoms with Crippen molar-refractivity contribution in [2.24, 2.45) is 5.14 Å². The maximum absolute atomic E-state index is 10.8. The van der Waals surface area contributed by atoms with E-state index in [-0.39, 0.29) is 5.60 Å². The molecule has 2 bridgehead atoms. The van der Waals surface area contributed by atoms with Crippen LogP contribution in [0.4, 0.5) is 0 Å². The maximum Gasteiger partial charge on any atom is 0.0917 e. The second-order valence-electron chi connectivity index (χ2n) is 3.53. The van der Waals surface area contributed by atoms with Crippen molar-refractivity contribution < 1.29 is 8.95 Å². The Kier molecular flexibility index (Phi) is 1.78. The minimum absolute atomic E-state index is 0.0930. The topological polar surface area (TPSA) is 52.3 Å². The van der Waals surface area contributed by atoms with Crippen molar-refractivity contribution in [2.45, 2.75) is 37.4 Å². The van der Waals surface area contributed by atoms with Gasteiger partial charge >= 0.3 is 0 Å². The van der Waals surface area contributed by atoms with Crippen LogP contribution in [-0.4, -0.2) is 21.7 Å². The summed E-state index contributed by atoms with van der Waals surface area (Å²) in [5.41, 5.74) is -0.0930. The second-order valence-corrected chi connectivity index (χ2v) is 4.58. The summed E-state index contributed by atoms with van der Waals surface area (Å²) in [6.07, 6.45) is 4.83. The highest BCUT2D eigenvalue weighted by molar-refractivity contribution is 7.82. The molecule has 2 rings (SSSR count). The van der Waals surface area contributed by atoms with E-state index in [1.54, 1.807) is 0 Å². The summed E-state index contributed by atoms with van der Waals surface area (Å²) in [7, 11) is -1.19. The summed E-state index contributed by atoms with van der Waals surface area (Å²) in [6.45, 7) is 0. The Labute approximate surface area is 68.9 Å². The van der Waals surface area contributed by atoms with E-state index >= 15 is 0 Å². The summed E-state index contributed by atoms with van der Waals surface area (Å²) < 4.78 is 16.5. The van der Waals surface area contributed by atoms with Crippen molar-refractivity contribution >= 4 is 11.0 Å². The van der Waals surface area contributed by atoms with E-state index in [0.29, 0.717) is 11.9 Å². The van der Waals surface area contributed by atoms with Crippen molar-refractivity contribution in [1.29, 1.82) is 0 Å². The van der Waals surface area contributed by atoms with Crippen molar-refractivity contribution in [3.8, 4) is 0 Å². The molecule has 0 aromatic heterocycles. The van der Waals surface area contributed by atoms with E-state index in [1.165, 1.54) is 0 Å². The number of nitrogens with two attached hydrogens (primary N) is 1. The molecule has 2 fully saturated rings. The van der Waals surface area contributed by atoms with Crippen LogP contribution in [0, 0.1) is 0 Å². The Balaban J connectivity index is 2.05. The highest BCUT2D eigenvalue weighted by Crippen LogP contribution is 2.43. The molecule has 0 spiro atoms. The van der Waals surface area contributed by atoms with Crippen LogP contribution in [0.2, 0.25) is 0 Å². The van der Waals surface area contributed by atoms with Crippen LogP contribution in [0.15, 0.2) is 0 Å². The predicted molar refractivity (Wildman–Crippen MR) is 43.3 cm³/mol. The first-order valence-corrected chi connectivity index (χ1v) is 5.39. The molecule has 1 atom stereocenters. The third-order valence-corrected chi connectivity index (χ3v) is 3.48. The number of hydrogen-bond donors (Lipinski definition) is 1. The standard InChI is InChI=1S/C7H13NO2S/c8-11(9)5-7-3-1-6(10-7)2-4-7/h6H,1-5,8H2. The lowest BCUT2D eigenvalue weighted by molar-refractivity contribution is 0.0315. The van der Waals surface area contributed by atoms with Crippen LogP contribution in [0.5, 0.6) is 0 Å². The molecule has 1 unspecified atom stereocenters. The van der Waals surface area contributed by atoms with Gasteiger partial charge in [0.05, 0.1) is 28.4 Å². The molecule has 2 N–H and O–H groups in total. The van der Waals surface area contributed by atoms with Gasteiger partial charge in [-0.2, -0.15) is 0 Å².